The first-order valence-electron chi connectivity index (χ1n) is 5.56. The van der Waals surface area contributed by atoms with Gasteiger partial charge in [-0.05, 0) is 33.8 Å². The number of allylic oxidation sites excluding steroid dienone is 1. The van der Waals surface area contributed by atoms with Crippen LogP contribution in [-0.4, -0.2) is 23.0 Å². The van der Waals surface area contributed by atoms with E-state index in [-0.39, 0.29) is 12.0 Å². The van der Waals surface area contributed by atoms with Gasteiger partial charge in [0.1, 0.15) is 4.88 Å². The Kier molecular flexibility index (Phi) is 5.03. The number of carbonyl (C=O) groups excluding carboxylic acids is 2. The Morgan fingerprint density at radius 2 is 2.11 bits per heavy atom. The molecule has 0 radical (unpaired) electrons. The summed E-state index contributed by atoms with van der Waals surface area (Å²) in [5.41, 5.74) is 0.557. The van der Waals surface area contributed by atoms with Gasteiger partial charge in [0, 0.05) is 0 Å². The lowest BCUT2D eigenvalue weighted by molar-refractivity contribution is -0.111. The van der Waals surface area contributed by atoms with Crippen LogP contribution in [0, 0.1) is 6.92 Å². The van der Waals surface area contributed by atoms with Crippen LogP contribution >= 0.6 is 11.3 Å². The Hall–Kier alpha value is -1.69. The molecule has 0 aliphatic carbocycles. The molecule has 0 unspecified atom stereocenters. The van der Waals surface area contributed by atoms with Crippen molar-refractivity contribution in [3.8, 4) is 0 Å². The summed E-state index contributed by atoms with van der Waals surface area (Å²) in [6, 6.07) is 0. The number of rotatable bonds is 4. The van der Waals surface area contributed by atoms with Crippen molar-refractivity contribution < 1.29 is 14.3 Å². The molecule has 1 N–H and O–H groups in total. The number of thiazole rings is 1. The van der Waals surface area contributed by atoms with Gasteiger partial charge < -0.3 is 4.74 Å². The molecule has 6 heteroatoms. The molecule has 1 heterocycles. The molecule has 18 heavy (non-hydrogen) atoms. The highest BCUT2D eigenvalue weighted by atomic mass is 32.1. The van der Waals surface area contributed by atoms with Crippen LogP contribution in [0.25, 0.3) is 0 Å². The third-order valence-corrected chi connectivity index (χ3v) is 2.93. The first kappa shape index (κ1) is 14.4. The van der Waals surface area contributed by atoms with E-state index in [0.29, 0.717) is 15.7 Å². The number of ether oxygens (including phenoxy) is 1. The Bertz CT molecular complexity index is 478. The number of amides is 1. The number of esters is 1. The van der Waals surface area contributed by atoms with Gasteiger partial charge in [-0.3, -0.25) is 10.1 Å². The van der Waals surface area contributed by atoms with Gasteiger partial charge >= 0.3 is 5.97 Å². The summed E-state index contributed by atoms with van der Waals surface area (Å²) in [7, 11) is 0. The first-order valence-corrected chi connectivity index (χ1v) is 6.37. The minimum Gasteiger partial charge on any atom is -0.459 e. The lowest BCUT2D eigenvalue weighted by atomic mass is 10.4. The third-order valence-electron chi connectivity index (χ3n) is 1.87. The molecular formula is C12H16N2O3S. The minimum absolute atomic E-state index is 0.180. The van der Waals surface area contributed by atoms with Gasteiger partial charge in [0.15, 0.2) is 5.13 Å². The van der Waals surface area contributed by atoms with Crippen LogP contribution < -0.4 is 5.32 Å². The molecule has 0 aliphatic heterocycles. The van der Waals surface area contributed by atoms with Crippen LogP contribution in [0.3, 0.4) is 0 Å². The van der Waals surface area contributed by atoms with Crippen molar-refractivity contribution in [3.63, 3.8) is 0 Å². The van der Waals surface area contributed by atoms with Gasteiger partial charge in [-0.15, -0.1) is 0 Å². The number of nitrogens with zero attached hydrogens (tertiary/aromatic N) is 1. The van der Waals surface area contributed by atoms with Gasteiger partial charge in [-0.1, -0.05) is 17.4 Å². The van der Waals surface area contributed by atoms with Gasteiger partial charge in [-0.25, -0.2) is 9.78 Å². The normalized spacial score (nSPS) is 10.9. The molecule has 0 bridgehead atoms. The van der Waals surface area contributed by atoms with E-state index in [1.807, 2.05) is 0 Å². The maximum absolute atomic E-state index is 11.7. The monoisotopic (exact) mass is 268 g/mol. The van der Waals surface area contributed by atoms with Crippen molar-refractivity contribution in [2.24, 2.45) is 0 Å². The average Bonchev–Trinajstić information content (AvgIpc) is 2.58. The van der Waals surface area contributed by atoms with E-state index in [1.165, 1.54) is 6.08 Å². The van der Waals surface area contributed by atoms with Gasteiger partial charge in [0.05, 0.1) is 11.8 Å². The molecule has 0 fully saturated rings. The number of anilines is 1. The minimum atomic E-state index is -0.411. The number of hydrogen-bond acceptors (Lipinski definition) is 5. The van der Waals surface area contributed by atoms with E-state index >= 15 is 0 Å². The fourth-order valence-electron chi connectivity index (χ4n) is 1.21. The smallest absolute Gasteiger partial charge is 0.350 e. The number of aromatic nitrogens is 1. The van der Waals surface area contributed by atoms with Crippen molar-refractivity contribution in [3.05, 3.63) is 22.7 Å². The summed E-state index contributed by atoms with van der Waals surface area (Å²) in [4.78, 5) is 27.6. The molecular weight excluding hydrogens is 252 g/mol. The van der Waals surface area contributed by atoms with Crippen LogP contribution in [0.15, 0.2) is 12.2 Å². The van der Waals surface area contributed by atoms with E-state index < -0.39 is 5.97 Å². The average molecular weight is 268 g/mol. The molecule has 1 rings (SSSR count). The Labute approximate surface area is 110 Å². The molecule has 1 aromatic heterocycles. The zero-order chi connectivity index (χ0) is 13.7. The quantitative estimate of drug-likeness (QED) is 0.673. The van der Waals surface area contributed by atoms with E-state index in [4.69, 9.17) is 4.74 Å². The van der Waals surface area contributed by atoms with Crippen molar-refractivity contribution in [1.82, 2.24) is 4.98 Å². The van der Waals surface area contributed by atoms with Crippen LogP contribution in [0.2, 0.25) is 0 Å². The fourth-order valence-corrected chi connectivity index (χ4v) is 2.06. The number of carbonyl (C=O) groups is 2. The Balaban J connectivity index is 2.81. The van der Waals surface area contributed by atoms with E-state index in [1.54, 1.807) is 33.8 Å². The maximum Gasteiger partial charge on any atom is 0.350 e. The van der Waals surface area contributed by atoms with Crippen LogP contribution in [0.5, 0.6) is 0 Å². The number of hydrogen-bond donors (Lipinski definition) is 1. The van der Waals surface area contributed by atoms with E-state index in [2.05, 4.69) is 10.3 Å². The first-order chi connectivity index (χ1) is 8.43. The zero-order valence-corrected chi connectivity index (χ0v) is 11.6. The molecule has 0 atom stereocenters. The molecule has 1 amide bonds. The van der Waals surface area contributed by atoms with Crippen molar-refractivity contribution >= 4 is 28.3 Å². The summed E-state index contributed by atoms with van der Waals surface area (Å²) >= 11 is 1.11. The number of aryl methyl sites for hydroxylation is 1. The topological polar surface area (TPSA) is 68.3 Å². The molecule has 0 saturated heterocycles. The highest BCUT2D eigenvalue weighted by Gasteiger charge is 2.18. The second-order valence-corrected chi connectivity index (χ2v) is 4.88. The largest absolute Gasteiger partial charge is 0.459 e. The van der Waals surface area contributed by atoms with Crippen LogP contribution in [-0.2, 0) is 9.53 Å². The fraction of sp³-hybridized carbons (Fsp3) is 0.417. The molecule has 0 aromatic carbocycles. The highest BCUT2D eigenvalue weighted by Crippen LogP contribution is 2.23. The van der Waals surface area contributed by atoms with E-state index in [0.717, 1.165) is 11.3 Å². The Morgan fingerprint density at radius 3 is 2.67 bits per heavy atom. The second-order valence-electron chi connectivity index (χ2n) is 3.88. The molecule has 98 valence electrons. The van der Waals surface area contributed by atoms with Crippen LogP contribution in [0.4, 0.5) is 5.13 Å². The number of nitrogens with one attached hydrogen (secondary N) is 1. The van der Waals surface area contributed by atoms with Gasteiger partial charge in [0.25, 0.3) is 0 Å². The molecule has 0 spiro atoms. The molecule has 1 aromatic rings. The molecule has 5 nitrogen and oxygen atoms in total. The van der Waals surface area contributed by atoms with Crippen LogP contribution in [0.1, 0.15) is 36.1 Å². The van der Waals surface area contributed by atoms with Crippen molar-refractivity contribution in [2.45, 2.75) is 33.8 Å². The SMILES string of the molecule is C/C=C/C(=O)Nc1nc(C)c(C(=O)OC(C)C)s1. The van der Waals surface area contributed by atoms with Gasteiger partial charge in [0.2, 0.25) is 5.91 Å². The third kappa shape index (κ3) is 3.96. The molecule has 0 aliphatic rings. The predicted octanol–water partition coefficient (Wildman–Crippen LogP) is 2.53. The summed E-state index contributed by atoms with van der Waals surface area (Å²) in [5.74, 6) is -0.679. The maximum atomic E-state index is 11.7. The second kappa shape index (κ2) is 6.30. The molecule has 0 saturated carbocycles. The summed E-state index contributed by atoms with van der Waals surface area (Å²) in [5, 5.41) is 2.98. The standard InChI is InChI=1S/C12H16N2O3S/c1-5-6-9(15)14-12-13-8(4)10(18-12)11(16)17-7(2)3/h5-7H,1-4H3,(H,13,14,15)/b6-5+. The van der Waals surface area contributed by atoms with Gasteiger partial charge in [-0.2, -0.15) is 0 Å². The summed E-state index contributed by atoms with van der Waals surface area (Å²) in [6.45, 7) is 7.02. The summed E-state index contributed by atoms with van der Waals surface area (Å²) < 4.78 is 5.09. The lowest BCUT2D eigenvalue weighted by Gasteiger charge is -2.05. The predicted molar refractivity (Wildman–Crippen MR) is 70.8 cm³/mol. The van der Waals surface area contributed by atoms with E-state index in [9.17, 15) is 9.59 Å². The van der Waals surface area contributed by atoms with Crippen molar-refractivity contribution in [1.29, 1.82) is 0 Å². The highest BCUT2D eigenvalue weighted by molar-refractivity contribution is 7.17. The summed E-state index contributed by atoms with van der Waals surface area (Å²) in [6.07, 6.45) is 2.84. The zero-order valence-electron chi connectivity index (χ0n) is 10.8. The Morgan fingerprint density at radius 1 is 1.44 bits per heavy atom. The van der Waals surface area contributed by atoms with Crippen molar-refractivity contribution in [2.75, 3.05) is 5.32 Å². The lowest BCUT2D eigenvalue weighted by Crippen LogP contribution is -2.11.